The molecule has 1 aromatic carbocycles. The average molecular weight is 244 g/mol. The van der Waals surface area contributed by atoms with Crippen molar-refractivity contribution < 1.29 is 18.0 Å². The minimum atomic E-state index is -1.52. The third kappa shape index (κ3) is 2.00. The van der Waals surface area contributed by atoms with Crippen molar-refractivity contribution >= 4 is 5.91 Å². The first-order valence-electron chi connectivity index (χ1n) is 5.15. The van der Waals surface area contributed by atoms with Crippen LogP contribution < -0.4 is 11.1 Å². The van der Waals surface area contributed by atoms with Gasteiger partial charge in [-0.15, -0.1) is 0 Å². The maximum Gasteiger partial charge on any atom is 0.234 e. The highest BCUT2D eigenvalue weighted by Crippen LogP contribution is 2.46. The summed E-state index contributed by atoms with van der Waals surface area (Å²) in [5.41, 5.74) is 4.19. The maximum atomic E-state index is 13.6. The average Bonchev–Trinajstić information content (AvgIpc) is 3.06. The second-order valence-corrected chi connectivity index (χ2v) is 4.06. The summed E-state index contributed by atoms with van der Waals surface area (Å²) in [5, 5.41) is 2.53. The van der Waals surface area contributed by atoms with Crippen LogP contribution in [0.3, 0.4) is 0 Å². The molecule has 0 aliphatic heterocycles. The van der Waals surface area contributed by atoms with Crippen LogP contribution >= 0.6 is 0 Å². The standard InChI is InChI=1S/C11H11F3N2O/c12-7-2-1-6(9(13)10(7)14)11(3-4-11)16-8(17)5-15/h1-2H,3-5,15H2,(H,16,17). The van der Waals surface area contributed by atoms with Crippen LogP contribution in [0, 0.1) is 17.5 Å². The van der Waals surface area contributed by atoms with Gasteiger partial charge in [-0.1, -0.05) is 6.07 Å². The third-order valence-corrected chi connectivity index (χ3v) is 2.86. The number of rotatable bonds is 3. The van der Waals surface area contributed by atoms with Crippen molar-refractivity contribution in [2.24, 2.45) is 5.73 Å². The summed E-state index contributed by atoms with van der Waals surface area (Å²) in [5.74, 6) is -4.46. The number of carbonyl (C=O) groups excluding carboxylic acids is 1. The van der Waals surface area contributed by atoms with E-state index in [-0.39, 0.29) is 12.1 Å². The second kappa shape index (κ2) is 4.03. The molecule has 17 heavy (non-hydrogen) atoms. The van der Waals surface area contributed by atoms with E-state index in [1.54, 1.807) is 0 Å². The first-order valence-corrected chi connectivity index (χ1v) is 5.15. The molecule has 0 atom stereocenters. The Morgan fingerprint density at radius 1 is 1.29 bits per heavy atom. The lowest BCUT2D eigenvalue weighted by atomic mass is 10.0. The Morgan fingerprint density at radius 3 is 2.47 bits per heavy atom. The van der Waals surface area contributed by atoms with Crippen LogP contribution in [-0.2, 0) is 10.3 Å². The quantitative estimate of drug-likeness (QED) is 0.784. The Bertz CT molecular complexity index is 472. The fourth-order valence-electron chi connectivity index (χ4n) is 1.80. The number of nitrogens with two attached hydrogens (primary N) is 1. The summed E-state index contributed by atoms with van der Waals surface area (Å²) in [6, 6.07) is 2.00. The molecule has 3 N–H and O–H groups in total. The van der Waals surface area contributed by atoms with Crippen molar-refractivity contribution in [3.05, 3.63) is 35.1 Å². The molecular formula is C11H11F3N2O. The van der Waals surface area contributed by atoms with Gasteiger partial charge in [0.1, 0.15) is 0 Å². The summed E-state index contributed by atoms with van der Waals surface area (Å²) in [6.45, 7) is -0.229. The molecule has 0 heterocycles. The SMILES string of the molecule is NCC(=O)NC1(c2ccc(F)c(F)c2F)CC1. The lowest BCUT2D eigenvalue weighted by molar-refractivity contribution is -0.120. The highest BCUT2D eigenvalue weighted by molar-refractivity contribution is 5.79. The molecule has 0 saturated heterocycles. The second-order valence-electron chi connectivity index (χ2n) is 4.06. The van der Waals surface area contributed by atoms with Gasteiger partial charge in [-0.05, 0) is 18.9 Å². The summed E-state index contributed by atoms with van der Waals surface area (Å²) in [7, 11) is 0. The maximum absolute atomic E-state index is 13.6. The van der Waals surface area contributed by atoms with E-state index in [4.69, 9.17) is 5.73 Å². The van der Waals surface area contributed by atoms with Crippen LogP contribution in [0.4, 0.5) is 13.2 Å². The summed E-state index contributed by atoms with van der Waals surface area (Å²) < 4.78 is 39.4. The molecule has 1 aliphatic carbocycles. The van der Waals surface area contributed by atoms with Gasteiger partial charge < -0.3 is 11.1 Å². The van der Waals surface area contributed by atoms with Crippen molar-refractivity contribution in [2.75, 3.05) is 6.54 Å². The van der Waals surface area contributed by atoms with Crippen molar-refractivity contribution in [2.45, 2.75) is 18.4 Å². The molecule has 0 radical (unpaired) electrons. The molecule has 1 amide bonds. The minimum absolute atomic E-state index is 0.0294. The lowest BCUT2D eigenvalue weighted by Crippen LogP contribution is -2.39. The van der Waals surface area contributed by atoms with Crippen LogP contribution in [0.1, 0.15) is 18.4 Å². The first-order chi connectivity index (χ1) is 8.00. The number of nitrogens with one attached hydrogen (secondary N) is 1. The van der Waals surface area contributed by atoms with Crippen LogP contribution in [0.25, 0.3) is 0 Å². The van der Waals surface area contributed by atoms with Crippen LogP contribution in [0.5, 0.6) is 0 Å². The Balaban J connectivity index is 2.35. The highest BCUT2D eigenvalue weighted by atomic mass is 19.2. The van der Waals surface area contributed by atoms with Gasteiger partial charge in [0, 0.05) is 5.56 Å². The van der Waals surface area contributed by atoms with Crippen molar-refractivity contribution in [1.29, 1.82) is 0 Å². The normalized spacial score (nSPS) is 16.7. The first kappa shape index (κ1) is 11.9. The number of hydrogen-bond acceptors (Lipinski definition) is 2. The van der Waals surface area contributed by atoms with Gasteiger partial charge in [0.05, 0.1) is 12.1 Å². The van der Waals surface area contributed by atoms with E-state index in [1.165, 1.54) is 0 Å². The van der Waals surface area contributed by atoms with Crippen molar-refractivity contribution in [3.8, 4) is 0 Å². The predicted molar refractivity (Wildman–Crippen MR) is 54.4 cm³/mol. The van der Waals surface area contributed by atoms with E-state index < -0.39 is 28.9 Å². The van der Waals surface area contributed by atoms with Gasteiger partial charge in [-0.3, -0.25) is 4.79 Å². The zero-order chi connectivity index (χ0) is 12.6. The van der Waals surface area contributed by atoms with Gasteiger partial charge in [0.25, 0.3) is 0 Å². The molecule has 92 valence electrons. The van der Waals surface area contributed by atoms with Gasteiger partial charge in [0.2, 0.25) is 5.91 Å². The molecule has 0 unspecified atom stereocenters. The van der Waals surface area contributed by atoms with E-state index in [0.29, 0.717) is 12.8 Å². The molecule has 0 aromatic heterocycles. The summed E-state index contributed by atoms with van der Waals surface area (Å²) in [6.07, 6.45) is 0.974. The smallest absolute Gasteiger partial charge is 0.234 e. The zero-order valence-electron chi connectivity index (χ0n) is 8.90. The lowest BCUT2D eigenvalue weighted by Gasteiger charge is -2.18. The number of hydrogen-bond donors (Lipinski definition) is 2. The van der Waals surface area contributed by atoms with E-state index in [2.05, 4.69) is 5.32 Å². The van der Waals surface area contributed by atoms with Crippen LogP contribution in [0.15, 0.2) is 12.1 Å². The van der Waals surface area contributed by atoms with Gasteiger partial charge >= 0.3 is 0 Å². The largest absolute Gasteiger partial charge is 0.345 e. The molecule has 0 bridgehead atoms. The van der Waals surface area contributed by atoms with Crippen molar-refractivity contribution in [3.63, 3.8) is 0 Å². The monoisotopic (exact) mass is 244 g/mol. The summed E-state index contributed by atoms with van der Waals surface area (Å²) in [4.78, 5) is 11.2. The fourth-order valence-corrected chi connectivity index (χ4v) is 1.80. The van der Waals surface area contributed by atoms with Gasteiger partial charge in [0.15, 0.2) is 17.5 Å². The Labute approximate surface area is 95.8 Å². The minimum Gasteiger partial charge on any atom is -0.345 e. The van der Waals surface area contributed by atoms with E-state index in [0.717, 1.165) is 12.1 Å². The van der Waals surface area contributed by atoms with Gasteiger partial charge in [-0.2, -0.15) is 0 Å². The third-order valence-electron chi connectivity index (χ3n) is 2.86. The predicted octanol–water partition coefficient (Wildman–Crippen LogP) is 1.17. The molecule has 1 aromatic rings. The molecule has 0 spiro atoms. The highest BCUT2D eigenvalue weighted by Gasteiger charge is 2.47. The number of amides is 1. The van der Waals surface area contributed by atoms with Crippen molar-refractivity contribution in [1.82, 2.24) is 5.32 Å². The van der Waals surface area contributed by atoms with Crippen LogP contribution in [-0.4, -0.2) is 12.5 Å². The van der Waals surface area contributed by atoms with E-state index >= 15 is 0 Å². The van der Waals surface area contributed by atoms with E-state index in [9.17, 15) is 18.0 Å². The van der Waals surface area contributed by atoms with Gasteiger partial charge in [-0.25, -0.2) is 13.2 Å². The molecule has 1 saturated carbocycles. The zero-order valence-corrected chi connectivity index (χ0v) is 8.90. The number of carbonyl (C=O) groups is 1. The Morgan fingerprint density at radius 2 is 1.94 bits per heavy atom. The number of benzene rings is 1. The molecule has 1 fully saturated rings. The molecular weight excluding hydrogens is 233 g/mol. The molecule has 1 aliphatic rings. The molecule has 2 rings (SSSR count). The molecule has 3 nitrogen and oxygen atoms in total. The Hall–Kier alpha value is -1.56. The number of halogens is 3. The van der Waals surface area contributed by atoms with Crippen LogP contribution in [0.2, 0.25) is 0 Å². The molecule has 6 heteroatoms. The fraction of sp³-hybridized carbons (Fsp3) is 0.364. The summed E-state index contributed by atoms with van der Waals surface area (Å²) >= 11 is 0. The van der Waals surface area contributed by atoms with E-state index in [1.807, 2.05) is 0 Å². The Kier molecular flexibility index (Phi) is 2.82. The topological polar surface area (TPSA) is 55.1 Å².